The maximum Gasteiger partial charge on any atom is 0.251 e. The molecule has 4 aliphatic carbocycles. The number of amides is 1. The lowest BCUT2D eigenvalue weighted by molar-refractivity contribution is -0.0119. The SMILES string of the molecule is CCOc1ccc(C(=O)NC2C3CC4CC(C3)CC2C4)cc1OC. The van der Waals surface area contributed by atoms with E-state index in [9.17, 15) is 4.79 Å². The van der Waals surface area contributed by atoms with Crippen molar-refractivity contribution in [2.24, 2.45) is 23.7 Å². The largest absolute Gasteiger partial charge is 0.493 e. The highest BCUT2D eigenvalue weighted by Crippen LogP contribution is 2.53. The van der Waals surface area contributed by atoms with Crippen LogP contribution in [0.1, 0.15) is 49.4 Å². The Morgan fingerprint density at radius 2 is 1.75 bits per heavy atom. The highest BCUT2D eigenvalue weighted by molar-refractivity contribution is 5.95. The smallest absolute Gasteiger partial charge is 0.251 e. The van der Waals surface area contributed by atoms with E-state index in [1.165, 1.54) is 32.1 Å². The maximum atomic E-state index is 12.8. The molecule has 0 radical (unpaired) electrons. The summed E-state index contributed by atoms with van der Waals surface area (Å²) in [6.07, 6.45) is 6.67. The third-order valence-electron chi connectivity index (χ3n) is 6.25. The highest BCUT2D eigenvalue weighted by atomic mass is 16.5. The second kappa shape index (κ2) is 6.30. The molecule has 130 valence electrons. The van der Waals surface area contributed by atoms with Crippen molar-refractivity contribution in [2.75, 3.05) is 13.7 Å². The van der Waals surface area contributed by atoms with Crippen molar-refractivity contribution in [1.82, 2.24) is 5.32 Å². The van der Waals surface area contributed by atoms with E-state index in [-0.39, 0.29) is 5.91 Å². The lowest BCUT2D eigenvalue weighted by atomic mass is 9.54. The molecule has 4 saturated carbocycles. The summed E-state index contributed by atoms with van der Waals surface area (Å²) >= 11 is 0. The Kier molecular flexibility index (Phi) is 4.15. The van der Waals surface area contributed by atoms with Crippen LogP contribution in [0.4, 0.5) is 0 Å². The number of hydrogen-bond donors (Lipinski definition) is 1. The fourth-order valence-electron chi connectivity index (χ4n) is 5.48. The molecule has 4 nitrogen and oxygen atoms in total. The van der Waals surface area contributed by atoms with Crippen LogP contribution in [0, 0.1) is 23.7 Å². The zero-order valence-corrected chi connectivity index (χ0v) is 14.6. The standard InChI is InChI=1S/C20H27NO3/c1-3-24-17-5-4-14(11-18(17)23-2)20(22)21-19-15-7-12-6-13(9-15)10-16(19)8-12/h4-5,11-13,15-16,19H,3,6-10H2,1-2H3,(H,21,22). The van der Waals surface area contributed by atoms with Crippen molar-refractivity contribution < 1.29 is 14.3 Å². The van der Waals surface area contributed by atoms with Gasteiger partial charge in [0.2, 0.25) is 0 Å². The van der Waals surface area contributed by atoms with Gasteiger partial charge in [0.05, 0.1) is 13.7 Å². The van der Waals surface area contributed by atoms with Crippen molar-refractivity contribution in [3.8, 4) is 11.5 Å². The Balaban J connectivity index is 1.48. The molecule has 4 aliphatic rings. The van der Waals surface area contributed by atoms with Crippen LogP contribution in [0.25, 0.3) is 0 Å². The first-order chi connectivity index (χ1) is 11.7. The van der Waals surface area contributed by atoms with E-state index in [2.05, 4.69) is 5.32 Å². The second-order valence-electron chi connectivity index (χ2n) is 7.73. The first-order valence-corrected chi connectivity index (χ1v) is 9.29. The van der Waals surface area contributed by atoms with E-state index in [4.69, 9.17) is 9.47 Å². The van der Waals surface area contributed by atoms with Gasteiger partial charge in [0.15, 0.2) is 11.5 Å². The van der Waals surface area contributed by atoms with Gasteiger partial charge in [0.1, 0.15) is 0 Å². The van der Waals surface area contributed by atoms with E-state index >= 15 is 0 Å². The number of methoxy groups -OCH3 is 1. The van der Waals surface area contributed by atoms with Crippen LogP contribution in [-0.4, -0.2) is 25.7 Å². The minimum atomic E-state index is 0.0221. The van der Waals surface area contributed by atoms with Crippen molar-refractivity contribution in [3.63, 3.8) is 0 Å². The number of benzene rings is 1. The molecule has 4 heteroatoms. The van der Waals surface area contributed by atoms with Crippen molar-refractivity contribution in [1.29, 1.82) is 0 Å². The van der Waals surface area contributed by atoms with Crippen molar-refractivity contribution in [2.45, 2.75) is 45.1 Å². The Bertz CT molecular complexity index is 599. The fourth-order valence-corrected chi connectivity index (χ4v) is 5.48. The summed E-state index contributed by atoms with van der Waals surface area (Å²) in [7, 11) is 1.61. The number of hydrogen-bond acceptors (Lipinski definition) is 3. The van der Waals surface area contributed by atoms with Gasteiger partial charge in [-0.15, -0.1) is 0 Å². The number of carbonyl (C=O) groups is 1. The maximum absolute atomic E-state index is 12.8. The van der Waals surface area contributed by atoms with E-state index < -0.39 is 0 Å². The van der Waals surface area contributed by atoms with Crippen LogP contribution in [0.2, 0.25) is 0 Å². The monoisotopic (exact) mass is 329 g/mol. The molecule has 4 bridgehead atoms. The van der Waals surface area contributed by atoms with Crippen LogP contribution in [-0.2, 0) is 0 Å². The normalized spacial score (nSPS) is 33.3. The molecule has 0 aromatic heterocycles. The molecule has 0 spiro atoms. The van der Waals surface area contributed by atoms with Gasteiger partial charge < -0.3 is 14.8 Å². The Morgan fingerprint density at radius 1 is 1.08 bits per heavy atom. The van der Waals surface area contributed by atoms with E-state index in [0.29, 0.717) is 41.5 Å². The Hall–Kier alpha value is -1.71. The van der Waals surface area contributed by atoms with Crippen molar-refractivity contribution >= 4 is 5.91 Å². The number of carbonyl (C=O) groups excluding carboxylic acids is 1. The topological polar surface area (TPSA) is 47.6 Å². The summed E-state index contributed by atoms with van der Waals surface area (Å²) in [5, 5.41) is 3.35. The molecule has 0 aliphatic heterocycles. The molecule has 5 rings (SSSR count). The predicted molar refractivity (Wildman–Crippen MR) is 92.5 cm³/mol. The van der Waals surface area contributed by atoms with Gasteiger partial charge in [0.25, 0.3) is 5.91 Å². The van der Waals surface area contributed by atoms with E-state index in [1.54, 1.807) is 13.2 Å². The van der Waals surface area contributed by atoms with Crippen LogP contribution in [0.5, 0.6) is 11.5 Å². The van der Waals surface area contributed by atoms with E-state index in [1.807, 2.05) is 19.1 Å². The summed E-state index contributed by atoms with van der Waals surface area (Å²) in [5.74, 6) is 4.55. The lowest BCUT2D eigenvalue weighted by Crippen LogP contribution is -2.55. The van der Waals surface area contributed by atoms with Crippen LogP contribution < -0.4 is 14.8 Å². The number of nitrogens with one attached hydrogen (secondary N) is 1. The predicted octanol–water partition coefficient (Wildman–Crippen LogP) is 3.65. The molecule has 0 atom stereocenters. The first-order valence-electron chi connectivity index (χ1n) is 9.29. The number of ether oxygens (including phenoxy) is 2. The zero-order valence-electron chi connectivity index (χ0n) is 14.6. The summed E-state index contributed by atoms with van der Waals surface area (Å²) in [5.41, 5.74) is 0.657. The molecule has 0 unspecified atom stereocenters. The molecule has 1 amide bonds. The molecule has 0 heterocycles. The lowest BCUT2D eigenvalue weighted by Gasteiger charge is -2.54. The second-order valence-corrected chi connectivity index (χ2v) is 7.73. The summed E-state index contributed by atoms with van der Waals surface area (Å²) in [6, 6.07) is 5.81. The average Bonchev–Trinajstić information content (AvgIpc) is 2.58. The van der Waals surface area contributed by atoms with Gasteiger partial charge >= 0.3 is 0 Å². The molecule has 24 heavy (non-hydrogen) atoms. The van der Waals surface area contributed by atoms with Gasteiger partial charge in [-0.25, -0.2) is 0 Å². The van der Waals surface area contributed by atoms with E-state index in [0.717, 1.165) is 11.8 Å². The molecular weight excluding hydrogens is 302 g/mol. The quantitative estimate of drug-likeness (QED) is 0.897. The van der Waals surface area contributed by atoms with Crippen LogP contribution in [0.15, 0.2) is 18.2 Å². The Labute approximate surface area is 143 Å². The molecule has 0 saturated heterocycles. The van der Waals surface area contributed by atoms with Crippen molar-refractivity contribution in [3.05, 3.63) is 23.8 Å². The summed E-state index contributed by atoms with van der Waals surface area (Å²) in [4.78, 5) is 12.8. The van der Waals surface area contributed by atoms with Gasteiger partial charge in [-0.2, -0.15) is 0 Å². The average molecular weight is 329 g/mol. The number of rotatable bonds is 5. The minimum Gasteiger partial charge on any atom is -0.493 e. The zero-order chi connectivity index (χ0) is 16.7. The van der Waals surface area contributed by atoms with Gasteiger partial charge in [-0.1, -0.05) is 0 Å². The third-order valence-corrected chi connectivity index (χ3v) is 6.25. The third kappa shape index (κ3) is 2.76. The molecule has 1 aromatic carbocycles. The molecule has 1 N–H and O–H groups in total. The highest BCUT2D eigenvalue weighted by Gasteiger charge is 2.48. The van der Waals surface area contributed by atoms with Gasteiger partial charge in [-0.05, 0) is 80.9 Å². The molecule has 1 aromatic rings. The Morgan fingerprint density at radius 3 is 2.33 bits per heavy atom. The summed E-state index contributed by atoms with van der Waals surface area (Å²) < 4.78 is 10.9. The fraction of sp³-hybridized carbons (Fsp3) is 0.650. The molecular formula is C20H27NO3. The van der Waals surface area contributed by atoms with Crippen LogP contribution >= 0.6 is 0 Å². The molecule has 4 fully saturated rings. The van der Waals surface area contributed by atoms with Gasteiger partial charge in [0, 0.05) is 11.6 Å². The van der Waals surface area contributed by atoms with Gasteiger partial charge in [-0.3, -0.25) is 4.79 Å². The first kappa shape index (κ1) is 15.8. The summed E-state index contributed by atoms with van der Waals surface area (Å²) in [6.45, 7) is 2.52. The minimum absolute atomic E-state index is 0.0221. The van der Waals surface area contributed by atoms with Crippen LogP contribution in [0.3, 0.4) is 0 Å².